The lowest BCUT2D eigenvalue weighted by atomic mass is 10.3. The number of carbonyl (C=O) groups excluding carboxylic acids is 1. The monoisotopic (exact) mass is 197 g/mol. The summed E-state index contributed by atoms with van der Waals surface area (Å²) in [5, 5.41) is 10.7. The van der Waals surface area contributed by atoms with E-state index in [4.69, 9.17) is 5.11 Å². The molecule has 0 fully saturated rings. The van der Waals surface area contributed by atoms with Crippen LogP contribution in [0, 0.1) is 6.92 Å². The molecule has 13 heavy (non-hydrogen) atoms. The number of nitrogens with zero attached hydrogens (tertiary/aromatic N) is 1. The first kappa shape index (κ1) is 9.60. The zero-order chi connectivity index (χ0) is 9.84. The summed E-state index contributed by atoms with van der Waals surface area (Å²) in [4.78, 5) is 24.7. The average Bonchev–Trinajstić information content (AvgIpc) is 2.47. The smallest absolute Gasteiger partial charge is 0.376 e. The van der Waals surface area contributed by atoms with E-state index in [0.29, 0.717) is 5.01 Å². The number of aliphatic carboxylic acids is 1. The second kappa shape index (κ2) is 3.95. The first-order valence-corrected chi connectivity index (χ1v) is 4.35. The van der Waals surface area contributed by atoms with Gasteiger partial charge in [0, 0.05) is 11.1 Å². The normalized spacial score (nSPS) is 10.5. The van der Waals surface area contributed by atoms with E-state index in [0.717, 1.165) is 11.8 Å². The van der Waals surface area contributed by atoms with Crippen LogP contribution in [0.4, 0.5) is 0 Å². The van der Waals surface area contributed by atoms with Crippen LogP contribution in [-0.4, -0.2) is 21.8 Å². The van der Waals surface area contributed by atoms with E-state index in [1.54, 1.807) is 0 Å². The Morgan fingerprint density at radius 3 is 2.77 bits per heavy atom. The van der Waals surface area contributed by atoms with Crippen molar-refractivity contribution in [3.05, 3.63) is 22.2 Å². The molecular formula is C8H7NO3S. The molecule has 0 aromatic carbocycles. The summed E-state index contributed by atoms with van der Waals surface area (Å²) in [6.45, 7) is 1.83. The summed E-state index contributed by atoms with van der Waals surface area (Å²) < 4.78 is 0. The Bertz CT molecular complexity index is 367. The van der Waals surface area contributed by atoms with Crippen molar-refractivity contribution in [2.45, 2.75) is 6.92 Å². The molecule has 0 unspecified atom stereocenters. The summed E-state index contributed by atoms with van der Waals surface area (Å²) in [6, 6.07) is 0. The van der Waals surface area contributed by atoms with Crippen LogP contribution in [0.5, 0.6) is 0 Å². The van der Waals surface area contributed by atoms with Crippen molar-refractivity contribution in [2.24, 2.45) is 0 Å². The van der Waals surface area contributed by atoms with Gasteiger partial charge >= 0.3 is 5.97 Å². The number of aromatic nitrogens is 1. The van der Waals surface area contributed by atoms with Crippen molar-refractivity contribution < 1.29 is 14.7 Å². The summed E-state index contributed by atoms with van der Waals surface area (Å²) in [6.07, 6.45) is 2.40. The van der Waals surface area contributed by atoms with Gasteiger partial charge in [-0.15, -0.1) is 11.3 Å². The van der Waals surface area contributed by atoms with E-state index in [9.17, 15) is 9.59 Å². The van der Waals surface area contributed by atoms with Gasteiger partial charge < -0.3 is 5.11 Å². The standard InChI is InChI=1S/C8H7NO3S/c1-5-4-13-7(9-5)3-2-6(10)8(11)12/h2-4H,1H3,(H,11,12)/b3-2+. The molecule has 1 aromatic rings. The maximum absolute atomic E-state index is 10.6. The van der Waals surface area contributed by atoms with Gasteiger partial charge in [-0.05, 0) is 19.1 Å². The van der Waals surface area contributed by atoms with Crippen molar-refractivity contribution in [1.82, 2.24) is 4.98 Å². The van der Waals surface area contributed by atoms with E-state index in [2.05, 4.69) is 4.98 Å². The first-order valence-electron chi connectivity index (χ1n) is 3.47. The molecule has 0 aliphatic heterocycles. The molecule has 0 saturated carbocycles. The number of carboxylic acid groups (broad SMARTS) is 1. The quantitative estimate of drug-likeness (QED) is 0.582. The van der Waals surface area contributed by atoms with E-state index >= 15 is 0 Å². The molecule has 1 rings (SSSR count). The highest BCUT2D eigenvalue weighted by atomic mass is 32.1. The third kappa shape index (κ3) is 2.79. The molecule has 1 aromatic heterocycles. The van der Waals surface area contributed by atoms with E-state index < -0.39 is 11.8 Å². The molecule has 0 bridgehead atoms. The molecule has 0 aliphatic rings. The summed E-state index contributed by atoms with van der Waals surface area (Å²) in [5.41, 5.74) is 0.854. The molecule has 1 heterocycles. The molecule has 1 N–H and O–H groups in total. The zero-order valence-corrected chi connectivity index (χ0v) is 7.67. The molecule has 0 amide bonds. The molecule has 5 heteroatoms. The predicted octanol–water partition coefficient (Wildman–Crippen LogP) is 1.12. The van der Waals surface area contributed by atoms with Crippen LogP contribution in [0.15, 0.2) is 11.5 Å². The number of carbonyl (C=O) groups is 2. The molecule has 0 spiro atoms. The summed E-state index contributed by atoms with van der Waals surface area (Å²) in [7, 11) is 0. The molecule has 68 valence electrons. The predicted molar refractivity (Wildman–Crippen MR) is 48.5 cm³/mol. The number of thiazole rings is 1. The Morgan fingerprint density at radius 2 is 2.31 bits per heavy atom. The highest BCUT2D eigenvalue weighted by Crippen LogP contribution is 2.09. The third-order valence-corrected chi connectivity index (χ3v) is 2.15. The molecule has 0 atom stereocenters. The lowest BCUT2D eigenvalue weighted by molar-refractivity contribution is -0.146. The van der Waals surface area contributed by atoms with Gasteiger partial charge in [-0.3, -0.25) is 4.79 Å². The van der Waals surface area contributed by atoms with Crippen molar-refractivity contribution in [1.29, 1.82) is 0 Å². The van der Waals surface area contributed by atoms with Crippen LogP contribution in [0.25, 0.3) is 6.08 Å². The molecule has 0 aliphatic carbocycles. The number of aryl methyl sites for hydroxylation is 1. The van der Waals surface area contributed by atoms with Gasteiger partial charge in [-0.2, -0.15) is 0 Å². The topological polar surface area (TPSA) is 67.3 Å². The number of rotatable bonds is 3. The number of hydrogen-bond donors (Lipinski definition) is 1. The third-order valence-electron chi connectivity index (χ3n) is 1.22. The average molecular weight is 197 g/mol. The highest BCUT2D eigenvalue weighted by Gasteiger charge is 2.05. The van der Waals surface area contributed by atoms with Gasteiger partial charge in [0.1, 0.15) is 5.01 Å². The molecular weight excluding hydrogens is 190 g/mol. The summed E-state index contributed by atoms with van der Waals surface area (Å²) in [5.74, 6) is -2.39. The Kier molecular flexibility index (Phi) is 2.92. The van der Waals surface area contributed by atoms with E-state index in [1.807, 2.05) is 12.3 Å². The van der Waals surface area contributed by atoms with Crippen LogP contribution in [0.2, 0.25) is 0 Å². The van der Waals surface area contributed by atoms with E-state index in [1.165, 1.54) is 17.4 Å². The van der Waals surface area contributed by atoms with Gasteiger partial charge in [0.05, 0.1) is 0 Å². The SMILES string of the molecule is Cc1csc(/C=C/C(=O)C(=O)O)n1. The minimum absolute atomic E-state index is 0.632. The van der Waals surface area contributed by atoms with Crippen LogP contribution in [0.3, 0.4) is 0 Å². The number of ketones is 1. The summed E-state index contributed by atoms with van der Waals surface area (Å²) >= 11 is 1.36. The van der Waals surface area contributed by atoms with Crippen molar-refractivity contribution in [3.8, 4) is 0 Å². The van der Waals surface area contributed by atoms with Gasteiger partial charge in [-0.1, -0.05) is 0 Å². The second-order valence-corrected chi connectivity index (χ2v) is 3.22. The van der Waals surface area contributed by atoms with Gasteiger partial charge in [-0.25, -0.2) is 9.78 Å². The van der Waals surface area contributed by atoms with Gasteiger partial charge in [0.25, 0.3) is 5.78 Å². The Morgan fingerprint density at radius 1 is 1.62 bits per heavy atom. The maximum atomic E-state index is 10.6. The van der Waals surface area contributed by atoms with Gasteiger partial charge in [0.2, 0.25) is 0 Å². The first-order chi connectivity index (χ1) is 6.09. The van der Waals surface area contributed by atoms with Crippen molar-refractivity contribution in [3.63, 3.8) is 0 Å². The van der Waals surface area contributed by atoms with Crippen LogP contribution >= 0.6 is 11.3 Å². The molecule has 0 saturated heterocycles. The van der Waals surface area contributed by atoms with Crippen molar-refractivity contribution in [2.75, 3.05) is 0 Å². The lowest BCUT2D eigenvalue weighted by Crippen LogP contribution is -2.08. The molecule has 0 radical (unpaired) electrons. The van der Waals surface area contributed by atoms with Crippen molar-refractivity contribution >= 4 is 29.2 Å². The zero-order valence-electron chi connectivity index (χ0n) is 6.85. The lowest BCUT2D eigenvalue weighted by Gasteiger charge is -1.82. The Balaban J connectivity index is 2.69. The fraction of sp³-hybridized carbons (Fsp3) is 0.125. The largest absolute Gasteiger partial charge is 0.475 e. The fourth-order valence-corrected chi connectivity index (χ4v) is 1.35. The number of carboxylic acids is 1. The van der Waals surface area contributed by atoms with Crippen LogP contribution in [0.1, 0.15) is 10.7 Å². The van der Waals surface area contributed by atoms with E-state index in [-0.39, 0.29) is 0 Å². The number of hydrogen-bond acceptors (Lipinski definition) is 4. The minimum Gasteiger partial charge on any atom is -0.475 e. The maximum Gasteiger partial charge on any atom is 0.376 e. The second-order valence-electron chi connectivity index (χ2n) is 2.33. The minimum atomic E-state index is -1.45. The Hall–Kier alpha value is -1.49. The van der Waals surface area contributed by atoms with Crippen LogP contribution in [-0.2, 0) is 9.59 Å². The fourth-order valence-electron chi connectivity index (χ4n) is 0.667. The highest BCUT2D eigenvalue weighted by molar-refractivity contribution is 7.10. The Labute approximate surface area is 78.5 Å². The molecule has 4 nitrogen and oxygen atoms in total. The van der Waals surface area contributed by atoms with Gasteiger partial charge in [0.15, 0.2) is 0 Å². The van der Waals surface area contributed by atoms with Crippen LogP contribution < -0.4 is 0 Å².